The fourth-order valence-corrected chi connectivity index (χ4v) is 4.76. The molecule has 1 aromatic heterocycles. The van der Waals surface area contributed by atoms with Gasteiger partial charge in [0.2, 0.25) is 17.7 Å². The zero-order chi connectivity index (χ0) is 22.0. The minimum absolute atomic E-state index is 0.00535. The molecule has 0 N–H and O–H groups in total. The van der Waals surface area contributed by atoms with Crippen molar-refractivity contribution in [3.63, 3.8) is 0 Å². The lowest BCUT2D eigenvalue weighted by molar-refractivity contribution is -0.137. The van der Waals surface area contributed by atoms with E-state index >= 15 is 0 Å². The van der Waals surface area contributed by atoms with Crippen LogP contribution in [0.25, 0.3) is 0 Å². The van der Waals surface area contributed by atoms with E-state index in [9.17, 15) is 9.59 Å². The number of aromatic nitrogens is 2. The molecule has 2 aromatic rings. The fourth-order valence-electron chi connectivity index (χ4n) is 4.76. The van der Waals surface area contributed by atoms with Crippen molar-refractivity contribution in [2.45, 2.75) is 39.5 Å². The summed E-state index contributed by atoms with van der Waals surface area (Å²) in [5.74, 6) is 1.89. The van der Waals surface area contributed by atoms with Crippen molar-refractivity contribution >= 4 is 11.8 Å². The largest absolute Gasteiger partial charge is 0.484 e. The molecular weight excluding hydrogens is 396 g/mol. The van der Waals surface area contributed by atoms with E-state index in [0.717, 1.165) is 12.8 Å². The molecule has 3 heterocycles. The number of amides is 2. The maximum Gasteiger partial charge on any atom is 0.260 e. The number of likely N-dealkylation sites (tertiary alicyclic amines) is 2. The number of aryl methyl sites for hydroxylation is 1. The molecule has 0 aliphatic carbocycles. The first-order chi connectivity index (χ1) is 14.9. The summed E-state index contributed by atoms with van der Waals surface area (Å²) in [6.07, 6.45) is 1.58. The van der Waals surface area contributed by atoms with Crippen LogP contribution in [0.15, 0.2) is 34.7 Å². The number of carbonyl (C=O) groups excluding carboxylic acids is 2. The number of para-hydroxylation sites is 1. The summed E-state index contributed by atoms with van der Waals surface area (Å²) in [5, 5.41) is 8.29. The summed E-state index contributed by atoms with van der Waals surface area (Å²) in [5.41, 5.74) is -0.152. The Hall–Kier alpha value is -2.90. The van der Waals surface area contributed by atoms with Crippen LogP contribution < -0.4 is 4.74 Å². The number of piperidine rings is 1. The number of rotatable bonds is 5. The minimum atomic E-state index is -0.152. The van der Waals surface area contributed by atoms with E-state index < -0.39 is 0 Å². The highest BCUT2D eigenvalue weighted by molar-refractivity contribution is 5.79. The van der Waals surface area contributed by atoms with Crippen molar-refractivity contribution in [2.24, 2.45) is 11.3 Å². The van der Waals surface area contributed by atoms with E-state index in [4.69, 9.17) is 9.15 Å². The lowest BCUT2D eigenvalue weighted by Gasteiger charge is -2.41. The van der Waals surface area contributed by atoms with Crippen molar-refractivity contribution in [3.05, 3.63) is 42.1 Å². The second kappa shape index (κ2) is 8.69. The molecule has 4 rings (SSSR count). The van der Waals surface area contributed by atoms with Crippen molar-refractivity contribution < 1.29 is 18.7 Å². The standard InChI is InChI=1S/C23H30N4O4/c1-16(2)22(29)27-13-19(21-25-24-17(3)31-21)23(15-27)9-11-26(12-10-23)20(28)14-30-18-7-5-4-6-8-18/h4-8,16,19H,9-15H2,1-3H3/t19-/m1/s1. The maximum absolute atomic E-state index is 12.7. The maximum atomic E-state index is 12.7. The Morgan fingerprint density at radius 3 is 2.48 bits per heavy atom. The van der Waals surface area contributed by atoms with Gasteiger partial charge in [0.15, 0.2) is 6.61 Å². The molecule has 2 amide bonds. The zero-order valence-corrected chi connectivity index (χ0v) is 18.4. The van der Waals surface area contributed by atoms with Crippen LogP contribution in [0.4, 0.5) is 0 Å². The van der Waals surface area contributed by atoms with Crippen molar-refractivity contribution in [1.82, 2.24) is 20.0 Å². The second-order valence-corrected chi connectivity index (χ2v) is 8.93. The first-order valence-electron chi connectivity index (χ1n) is 10.9. The molecular formula is C23H30N4O4. The molecule has 2 aliphatic rings. The summed E-state index contributed by atoms with van der Waals surface area (Å²) >= 11 is 0. The molecule has 0 radical (unpaired) electrons. The molecule has 0 bridgehead atoms. The van der Waals surface area contributed by atoms with Crippen LogP contribution in [-0.4, -0.2) is 64.6 Å². The molecule has 166 valence electrons. The molecule has 8 nitrogen and oxygen atoms in total. The predicted octanol–water partition coefficient (Wildman–Crippen LogP) is 2.65. The Kier molecular flexibility index (Phi) is 5.98. The van der Waals surface area contributed by atoms with Gasteiger partial charge in [0.1, 0.15) is 5.75 Å². The van der Waals surface area contributed by atoms with Gasteiger partial charge in [-0.15, -0.1) is 10.2 Å². The zero-order valence-electron chi connectivity index (χ0n) is 18.4. The second-order valence-electron chi connectivity index (χ2n) is 8.93. The van der Waals surface area contributed by atoms with Gasteiger partial charge in [-0.3, -0.25) is 9.59 Å². The quantitative estimate of drug-likeness (QED) is 0.730. The van der Waals surface area contributed by atoms with Crippen LogP contribution in [0.3, 0.4) is 0 Å². The Balaban J connectivity index is 1.43. The third-order valence-corrected chi connectivity index (χ3v) is 6.51. The van der Waals surface area contributed by atoms with Crippen molar-refractivity contribution in [3.8, 4) is 5.75 Å². The van der Waals surface area contributed by atoms with Gasteiger partial charge in [-0.25, -0.2) is 0 Å². The molecule has 31 heavy (non-hydrogen) atoms. The summed E-state index contributed by atoms with van der Waals surface area (Å²) in [6.45, 7) is 8.17. The van der Waals surface area contributed by atoms with Crippen LogP contribution in [-0.2, 0) is 9.59 Å². The molecule has 2 saturated heterocycles. The number of carbonyl (C=O) groups is 2. The summed E-state index contributed by atoms with van der Waals surface area (Å²) in [7, 11) is 0. The molecule has 8 heteroatoms. The third kappa shape index (κ3) is 4.43. The lowest BCUT2D eigenvalue weighted by atomic mass is 9.70. The van der Waals surface area contributed by atoms with Gasteiger partial charge in [-0.05, 0) is 25.0 Å². The molecule has 2 aliphatic heterocycles. The minimum Gasteiger partial charge on any atom is -0.484 e. The first kappa shape index (κ1) is 21.3. The van der Waals surface area contributed by atoms with E-state index in [1.165, 1.54) is 0 Å². The topological polar surface area (TPSA) is 88.8 Å². The predicted molar refractivity (Wildman–Crippen MR) is 113 cm³/mol. The van der Waals surface area contributed by atoms with Gasteiger partial charge in [0.05, 0.1) is 5.92 Å². The average molecular weight is 427 g/mol. The van der Waals surface area contributed by atoms with Gasteiger partial charge in [-0.1, -0.05) is 32.0 Å². The summed E-state index contributed by atoms with van der Waals surface area (Å²) < 4.78 is 11.4. The van der Waals surface area contributed by atoms with Gasteiger partial charge in [0, 0.05) is 44.4 Å². The van der Waals surface area contributed by atoms with Crippen LogP contribution in [0.5, 0.6) is 5.75 Å². The van der Waals surface area contributed by atoms with Gasteiger partial charge in [-0.2, -0.15) is 0 Å². The van der Waals surface area contributed by atoms with E-state index in [2.05, 4.69) is 10.2 Å². The highest BCUT2D eigenvalue weighted by Crippen LogP contribution is 2.49. The average Bonchev–Trinajstić information content (AvgIpc) is 3.36. The Labute approximate surface area is 182 Å². The van der Waals surface area contributed by atoms with Crippen molar-refractivity contribution in [2.75, 3.05) is 32.8 Å². The monoisotopic (exact) mass is 426 g/mol. The van der Waals surface area contributed by atoms with Gasteiger partial charge >= 0.3 is 0 Å². The smallest absolute Gasteiger partial charge is 0.260 e. The molecule has 0 saturated carbocycles. The normalized spacial score (nSPS) is 20.5. The molecule has 2 fully saturated rings. The number of hydrogen-bond donors (Lipinski definition) is 0. The number of hydrogen-bond acceptors (Lipinski definition) is 6. The molecule has 0 unspecified atom stereocenters. The molecule has 1 spiro atoms. The van der Waals surface area contributed by atoms with Crippen molar-refractivity contribution in [1.29, 1.82) is 0 Å². The lowest BCUT2D eigenvalue weighted by Crippen LogP contribution is -2.47. The van der Waals surface area contributed by atoms with Crippen LogP contribution >= 0.6 is 0 Å². The molecule has 1 atom stereocenters. The SMILES string of the molecule is Cc1nnc([C@H]2CN(C(=O)C(C)C)CC23CCN(C(=O)COc2ccccc2)CC3)o1. The van der Waals surface area contributed by atoms with E-state index in [0.29, 0.717) is 43.7 Å². The summed E-state index contributed by atoms with van der Waals surface area (Å²) in [6, 6.07) is 9.36. The summed E-state index contributed by atoms with van der Waals surface area (Å²) in [4.78, 5) is 29.2. The van der Waals surface area contributed by atoms with E-state index in [1.807, 2.05) is 54.0 Å². The van der Waals surface area contributed by atoms with Gasteiger partial charge < -0.3 is 19.0 Å². The Morgan fingerprint density at radius 1 is 1.16 bits per heavy atom. The molecule has 1 aromatic carbocycles. The third-order valence-electron chi connectivity index (χ3n) is 6.51. The van der Waals surface area contributed by atoms with Gasteiger partial charge in [0.25, 0.3) is 5.91 Å². The number of ether oxygens (including phenoxy) is 1. The number of nitrogens with zero attached hydrogens (tertiary/aromatic N) is 4. The van der Waals surface area contributed by atoms with Crippen LogP contribution in [0, 0.1) is 18.3 Å². The number of benzene rings is 1. The first-order valence-corrected chi connectivity index (χ1v) is 10.9. The van der Waals surface area contributed by atoms with E-state index in [1.54, 1.807) is 6.92 Å². The Morgan fingerprint density at radius 2 is 1.87 bits per heavy atom. The fraction of sp³-hybridized carbons (Fsp3) is 0.565. The van der Waals surface area contributed by atoms with Crippen LogP contribution in [0.1, 0.15) is 44.4 Å². The Bertz CT molecular complexity index is 919. The van der Waals surface area contributed by atoms with Crippen LogP contribution in [0.2, 0.25) is 0 Å². The highest BCUT2D eigenvalue weighted by Gasteiger charge is 2.52. The van der Waals surface area contributed by atoms with E-state index in [-0.39, 0.29) is 35.7 Å². The highest BCUT2D eigenvalue weighted by atomic mass is 16.5.